The van der Waals surface area contributed by atoms with Gasteiger partial charge >= 0.3 is 6.03 Å². The van der Waals surface area contributed by atoms with E-state index in [9.17, 15) is 13.2 Å². The Morgan fingerprint density at radius 3 is 2.50 bits per heavy atom. The fourth-order valence-corrected chi connectivity index (χ4v) is 2.74. The van der Waals surface area contributed by atoms with Gasteiger partial charge in [0.05, 0.1) is 5.75 Å². The Morgan fingerprint density at radius 2 is 1.94 bits per heavy atom. The molecule has 2 amide bonds. The van der Waals surface area contributed by atoms with Crippen LogP contribution < -0.4 is 5.32 Å². The molecule has 0 aliphatic carbocycles. The van der Waals surface area contributed by atoms with Gasteiger partial charge in [0.2, 0.25) is 10.0 Å². The number of hydrogen-bond donors (Lipinski definition) is 1. The Hall–Kier alpha value is -0.820. The molecule has 106 valence electrons. The van der Waals surface area contributed by atoms with E-state index >= 15 is 0 Å². The van der Waals surface area contributed by atoms with Gasteiger partial charge < -0.3 is 10.2 Å². The van der Waals surface area contributed by atoms with Crippen LogP contribution in [0.2, 0.25) is 0 Å². The quantitative estimate of drug-likeness (QED) is 0.717. The second-order valence-electron chi connectivity index (χ2n) is 4.50. The number of urea groups is 1. The maximum absolute atomic E-state index is 11.6. The highest BCUT2D eigenvalue weighted by molar-refractivity contribution is 7.89. The molecular weight excluding hydrogens is 254 g/mol. The number of sulfonamides is 1. The summed E-state index contributed by atoms with van der Waals surface area (Å²) in [5.74, 6) is 0.115. The molecule has 1 rings (SSSR count). The number of nitrogens with one attached hydrogen (secondary N) is 1. The molecule has 0 aromatic heterocycles. The van der Waals surface area contributed by atoms with Gasteiger partial charge in [0.25, 0.3) is 0 Å². The predicted octanol–water partition coefficient (Wildman–Crippen LogP) is 0.463. The SMILES string of the molecule is CCS(=O)(=O)N(C)CCCNC(=O)N1CCCC1. The van der Waals surface area contributed by atoms with Gasteiger partial charge in [-0.1, -0.05) is 0 Å². The van der Waals surface area contributed by atoms with Crippen molar-refractivity contribution in [1.82, 2.24) is 14.5 Å². The van der Waals surface area contributed by atoms with Crippen LogP contribution in [0.15, 0.2) is 0 Å². The van der Waals surface area contributed by atoms with Gasteiger partial charge in [-0.15, -0.1) is 0 Å². The number of nitrogens with zero attached hydrogens (tertiary/aromatic N) is 2. The molecule has 6 nitrogen and oxygen atoms in total. The number of amides is 2. The van der Waals surface area contributed by atoms with Crippen molar-refractivity contribution >= 4 is 16.1 Å². The Morgan fingerprint density at radius 1 is 1.33 bits per heavy atom. The van der Waals surface area contributed by atoms with E-state index in [1.54, 1.807) is 18.9 Å². The van der Waals surface area contributed by atoms with Crippen molar-refractivity contribution in [2.75, 3.05) is 39.0 Å². The largest absolute Gasteiger partial charge is 0.338 e. The summed E-state index contributed by atoms with van der Waals surface area (Å²) in [5, 5.41) is 2.81. The van der Waals surface area contributed by atoms with Crippen molar-refractivity contribution in [2.45, 2.75) is 26.2 Å². The summed E-state index contributed by atoms with van der Waals surface area (Å²) in [6.45, 7) is 4.24. The molecule has 0 spiro atoms. The molecule has 0 unspecified atom stereocenters. The minimum absolute atomic E-state index is 0.0338. The molecule has 0 aromatic carbocycles. The van der Waals surface area contributed by atoms with Crippen molar-refractivity contribution in [1.29, 1.82) is 0 Å². The monoisotopic (exact) mass is 277 g/mol. The lowest BCUT2D eigenvalue weighted by Crippen LogP contribution is -2.39. The van der Waals surface area contributed by atoms with Crippen molar-refractivity contribution in [3.05, 3.63) is 0 Å². The zero-order valence-electron chi connectivity index (χ0n) is 11.2. The fraction of sp³-hybridized carbons (Fsp3) is 0.909. The van der Waals surface area contributed by atoms with E-state index in [0.717, 1.165) is 25.9 Å². The fourth-order valence-electron chi connectivity index (χ4n) is 1.89. The van der Waals surface area contributed by atoms with Crippen LogP contribution >= 0.6 is 0 Å². The number of rotatable bonds is 6. The standard InChI is InChI=1S/C11H23N3O3S/c1-3-18(16,17)13(2)8-6-7-12-11(15)14-9-4-5-10-14/h3-10H2,1-2H3,(H,12,15). The first-order chi connectivity index (χ1) is 8.47. The molecule has 1 saturated heterocycles. The Kier molecular flexibility index (Phi) is 5.87. The Balaban J connectivity index is 2.16. The normalized spacial score (nSPS) is 16.3. The summed E-state index contributed by atoms with van der Waals surface area (Å²) in [5.41, 5.74) is 0. The lowest BCUT2D eigenvalue weighted by atomic mass is 10.4. The second kappa shape index (κ2) is 6.94. The Bertz CT molecular complexity index is 364. The summed E-state index contributed by atoms with van der Waals surface area (Å²) < 4.78 is 24.3. The summed E-state index contributed by atoms with van der Waals surface area (Å²) in [7, 11) is -1.53. The highest BCUT2D eigenvalue weighted by atomic mass is 32.2. The molecule has 0 bridgehead atoms. The first kappa shape index (κ1) is 15.2. The van der Waals surface area contributed by atoms with Crippen LogP contribution in [0.1, 0.15) is 26.2 Å². The first-order valence-electron chi connectivity index (χ1n) is 6.44. The van der Waals surface area contributed by atoms with Gasteiger partial charge in [-0.3, -0.25) is 0 Å². The minimum Gasteiger partial charge on any atom is -0.338 e. The van der Waals surface area contributed by atoms with Gasteiger partial charge in [0, 0.05) is 33.2 Å². The summed E-state index contributed by atoms with van der Waals surface area (Å²) >= 11 is 0. The molecule has 18 heavy (non-hydrogen) atoms. The van der Waals surface area contributed by atoms with Gasteiger partial charge in [-0.25, -0.2) is 17.5 Å². The first-order valence-corrected chi connectivity index (χ1v) is 8.05. The molecule has 7 heteroatoms. The van der Waals surface area contributed by atoms with Crippen molar-refractivity contribution in [2.24, 2.45) is 0 Å². The average Bonchev–Trinajstić information content (AvgIpc) is 2.87. The van der Waals surface area contributed by atoms with Crippen LogP contribution in [0, 0.1) is 0 Å². The van der Waals surface area contributed by atoms with E-state index in [2.05, 4.69) is 5.32 Å². The summed E-state index contributed by atoms with van der Waals surface area (Å²) in [6.07, 6.45) is 2.78. The minimum atomic E-state index is -3.10. The summed E-state index contributed by atoms with van der Waals surface area (Å²) in [4.78, 5) is 13.4. The molecule has 0 aromatic rings. The van der Waals surface area contributed by atoms with Crippen LogP contribution in [-0.2, 0) is 10.0 Å². The third-order valence-corrected chi connectivity index (χ3v) is 5.02. The maximum Gasteiger partial charge on any atom is 0.317 e. The number of carbonyl (C=O) groups is 1. The van der Waals surface area contributed by atoms with Crippen LogP contribution in [0.3, 0.4) is 0 Å². The van der Waals surface area contributed by atoms with Crippen molar-refractivity contribution in [3.63, 3.8) is 0 Å². The highest BCUT2D eigenvalue weighted by Gasteiger charge is 2.17. The molecule has 1 N–H and O–H groups in total. The van der Waals surface area contributed by atoms with Crippen LogP contribution in [0.25, 0.3) is 0 Å². The van der Waals surface area contributed by atoms with Gasteiger partial charge in [-0.2, -0.15) is 0 Å². The maximum atomic E-state index is 11.6. The molecule has 0 atom stereocenters. The third-order valence-electron chi connectivity index (χ3n) is 3.16. The third kappa shape index (κ3) is 4.45. The molecular formula is C11H23N3O3S. The smallest absolute Gasteiger partial charge is 0.317 e. The molecule has 1 aliphatic heterocycles. The second-order valence-corrected chi connectivity index (χ2v) is 6.87. The van der Waals surface area contributed by atoms with Crippen LogP contribution in [0.5, 0.6) is 0 Å². The number of hydrogen-bond acceptors (Lipinski definition) is 3. The van der Waals surface area contributed by atoms with E-state index in [0.29, 0.717) is 19.5 Å². The lowest BCUT2D eigenvalue weighted by molar-refractivity contribution is 0.208. The molecule has 0 radical (unpaired) electrons. The molecule has 1 fully saturated rings. The van der Waals surface area contributed by atoms with E-state index in [-0.39, 0.29) is 11.8 Å². The van der Waals surface area contributed by atoms with Crippen LogP contribution in [0.4, 0.5) is 4.79 Å². The Labute approximate surface area is 109 Å². The van der Waals surface area contributed by atoms with Crippen molar-refractivity contribution < 1.29 is 13.2 Å². The summed E-state index contributed by atoms with van der Waals surface area (Å²) in [6, 6.07) is -0.0338. The zero-order valence-corrected chi connectivity index (χ0v) is 12.0. The highest BCUT2D eigenvalue weighted by Crippen LogP contribution is 2.06. The molecule has 1 heterocycles. The average molecular weight is 277 g/mol. The topological polar surface area (TPSA) is 69.7 Å². The number of likely N-dealkylation sites (tertiary alicyclic amines) is 1. The lowest BCUT2D eigenvalue weighted by Gasteiger charge is -2.18. The molecule has 1 aliphatic rings. The van der Waals surface area contributed by atoms with E-state index in [1.807, 2.05) is 0 Å². The number of carbonyl (C=O) groups excluding carboxylic acids is 1. The van der Waals surface area contributed by atoms with Gasteiger partial charge in [-0.05, 0) is 26.2 Å². The van der Waals surface area contributed by atoms with Crippen LogP contribution in [-0.4, -0.2) is 62.6 Å². The van der Waals surface area contributed by atoms with E-state index in [4.69, 9.17) is 0 Å². The van der Waals surface area contributed by atoms with Crippen molar-refractivity contribution in [3.8, 4) is 0 Å². The van der Waals surface area contributed by atoms with E-state index in [1.165, 1.54) is 4.31 Å². The van der Waals surface area contributed by atoms with Gasteiger partial charge in [0.15, 0.2) is 0 Å². The van der Waals surface area contributed by atoms with Gasteiger partial charge in [0.1, 0.15) is 0 Å². The van der Waals surface area contributed by atoms with E-state index < -0.39 is 10.0 Å². The zero-order chi connectivity index (χ0) is 13.6. The molecule has 0 saturated carbocycles. The predicted molar refractivity (Wildman–Crippen MR) is 70.9 cm³/mol.